The van der Waals surface area contributed by atoms with Crippen molar-refractivity contribution in [2.45, 2.75) is 44.9 Å². The van der Waals surface area contributed by atoms with Gasteiger partial charge >= 0.3 is 0 Å². The molecule has 0 saturated carbocycles. The molecule has 3 aromatic carbocycles. The highest BCUT2D eigenvalue weighted by molar-refractivity contribution is 5.87. The molecule has 0 aromatic heterocycles. The zero-order chi connectivity index (χ0) is 35.5. The van der Waals surface area contributed by atoms with Crippen molar-refractivity contribution in [3.05, 3.63) is 69.9 Å². The predicted octanol–water partition coefficient (Wildman–Crippen LogP) is 3.17. The molecule has 13 heteroatoms. The van der Waals surface area contributed by atoms with Crippen LogP contribution in [0, 0.1) is 0 Å². The fraction of sp³-hybridized carbons (Fsp3) is 0.405. The van der Waals surface area contributed by atoms with Crippen molar-refractivity contribution in [2.24, 2.45) is 0 Å². The smallest absolute Gasteiger partial charge is 0.267 e. The van der Waals surface area contributed by atoms with Crippen molar-refractivity contribution in [2.75, 3.05) is 59.4 Å². The number of carbonyl (C=O) groups is 3. The first-order valence-corrected chi connectivity index (χ1v) is 16.6. The quantitative estimate of drug-likeness (QED) is 0.363. The Morgan fingerprint density at radius 3 is 2.28 bits per heavy atom. The standard InChI is InChI=1S/C37H42N4O9/c1-21(36(44)40-14-16-41(17-15-40)37(45)32-20-49-29-8-6-7-9-30(29)50-32)38-27-13-11-24-25(19-28(27)43)26(39-22(2)42)12-10-23-18-31(46-3)34(47-4)35(48-5)33(23)24/h6-9,11,13,18-19,21,26,32H,10,12,14-17,20H2,1-5H3,(H,38,43)(H,39,42)/t21-,26+,32+/m1/s1. The van der Waals surface area contributed by atoms with Gasteiger partial charge in [0.2, 0.25) is 29.1 Å². The molecule has 6 rings (SSSR count). The summed E-state index contributed by atoms with van der Waals surface area (Å²) in [4.78, 5) is 56.2. The number of piperazine rings is 1. The predicted molar refractivity (Wildman–Crippen MR) is 185 cm³/mol. The molecular weight excluding hydrogens is 644 g/mol. The average molecular weight is 687 g/mol. The molecule has 0 radical (unpaired) electrons. The highest BCUT2D eigenvalue weighted by Gasteiger charge is 2.35. The maximum atomic E-state index is 13.8. The summed E-state index contributed by atoms with van der Waals surface area (Å²) in [6.07, 6.45) is 0.354. The first kappa shape index (κ1) is 34.4. The minimum absolute atomic E-state index is 0.122. The highest BCUT2D eigenvalue weighted by atomic mass is 16.6. The number of anilines is 1. The van der Waals surface area contributed by atoms with Crippen molar-refractivity contribution in [3.63, 3.8) is 0 Å². The van der Waals surface area contributed by atoms with Crippen LogP contribution in [0.15, 0.2) is 53.3 Å². The van der Waals surface area contributed by atoms with Gasteiger partial charge in [-0.2, -0.15) is 0 Å². The van der Waals surface area contributed by atoms with E-state index in [4.69, 9.17) is 23.7 Å². The van der Waals surface area contributed by atoms with Crippen LogP contribution in [0.1, 0.15) is 37.4 Å². The van der Waals surface area contributed by atoms with Crippen LogP contribution in [0.3, 0.4) is 0 Å². The minimum Gasteiger partial charge on any atom is -0.493 e. The number of methoxy groups -OCH3 is 3. The molecule has 264 valence electrons. The minimum atomic E-state index is -0.752. The molecule has 1 saturated heterocycles. The van der Waals surface area contributed by atoms with Gasteiger partial charge in [0, 0.05) is 38.7 Å². The number of amides is 3. The van der Waals surface area contributed by atoms with Crippen molar-refractivity contribution in [1.29, 1.82) is 0 Å². The molecule has 50 heavy (non-hydrogen) atoms. The lowest BCUT2D eigenvalue weighted by atomic mass is 9.95. The van der Waals surface area contributed by atoms with E-state index in [1.54, 1.807) is 49.1 Å². The molecule has 3 amide bonds. The summed E-state index contributed by atoms with van der Waals surface area (Å²) in [5.41, 5.74) is 2.85. The van der Waals surface area contributed by atoms with Gasteiger partial charge in [0.05, 0.1) is 33.1 Å². The molecular formula is C37H42N4O9. The lowest BCUT2D eigenvalue weighted by Crippen LogP contribution is -2.56. The van der Waals surface area contributed by atoms with Crippen LogP contribution >= 0.6 is 0 Å². The van der Waals surface area contributed by atoms with Crippen LogP contribution in [0.5, 0.6) is 28.7 Å². The van der Waals surface area contributed by atoms with Crippen LogP contribution in [0.2, 0.25) is 0 Å². The fourth-order valence-electron chi connectivity index (χ4n) is 6.89. The normalized spacial score (nSPS) is 18.4. The average Bonchev–Trinajstić information content (AvgIpc) is 3.37. The van der Waals surface area contributed by atoms with E-state index in [2.05, 4.69) is 10.6 Å². The van der Waals surface area contributed by atoms with Gasteiger partial charge in [0.1, 0.15) is 12.6 Å². The molecule has 0 bridgehead atoms. The zero-order valence-electron chi connectivity index (χ0n) is 28.9. The second kappa shape index (κ2) is 14.6. The van der Waals surface area contributed by atoms with Crippen LogP contribution in [-0.2, 0) is 20.8 Å². The van der Waals surface area contributed by atoms with E-state index >= 15 is 0 Å². The Balaban J connectivity index is 1.21. The summed E-state index contributed by atoms with van der Waals surface area (Å²) in [5.74, 6) is 1.90. The summed E-state index contributed by atoms with van der Waals surface area (Å²) in [6, 6.07) is 12.9. The fourth-order valence-corrected chi connectivity index (χ4v) is 6.89. The Morgan fingerprint density at radius 1 is 0.900 bits per heavy atom. The summed E-state index contributed by atoms with van der Waals surface area (Å²) >= 11 is 0. The topological polar surface area (TPSA) is 145 Å². The Labute approximate surface area is 290 Å². The molecule has 1 aliphatic carbocycles. The Bertz CT molecular complexity index is 1860. The monoisotopic (exact) mass is 686 g/mol. The van der Waals surface area contributed by atoms with Gasteiger partial charge in [-0.1, -0.05) is 18.2 Å². The molecule has 2 N–H and O–H groups in total. The van der Waals surface area contributed by atoms with Crippen LogP contribution in [0.4, 0.5) is 5.69 Å². The van der Waals surface area contributed by atoms with Crippen molar-refractivity contribution in [3.8, 4) is 39.9 Å². The number of benzene rings is 2. The number of aryl methyl sites for hydroxylation is 1. The zero-order valence-corrected chi connectivity index (χ0v) is 28.9. The summed E-state index contributed by atoms with van der Waals surface area (Å²) in [6.45, 7) is 4.63. The van der Waals surface area contributed by atoms with Crippen LogP contribution in [-0.4, -0.2) is 93.8 Å². The van der Waals surface area contributed by atoms with E-state index in [9.17, 15) is 19.2 Å². The number of rotatable bonds is 8. The molecule has 0 spiro atoms. The van der Waals surface area contributed by atoms with Gasteiger partial charge in [-0.05, 0) is 66.8 Å². The van der Waals surface area contributed by atoms with E-state index < -0.39 is 18.2 Å². The third-order valence-corrected chi connectivity index (χ3v) is 9.35. The van der Waals surface area contributed by atoms with Crippen LogP contribution in [0.25, 0.3) is 11.1 Å². The maximum Gasteiger partial charge on any atom is 0.267 e. The van der Waals surface area contributed by atoms with Gasteiger partial charge in [-0.15, -0.1) is 0 Å². The lowest BCUT2D eigenvalue weighted by Gasteiger charge is -2.38. The number of nitrogens with zero attached hydrogens (tertiary/aromatic N) is 2. The largest absolute Gasteiger partial charge is 0.493 e. The SMILES string of the molecule is COc1cc2c(c(OC)c1OC)-c1ccc(N[C@H](C)C(=O)N3CCN(C(=O)[C@@H]4COc5ccccc5O4)CC3)c(=O)cc1[C@@H](NC(C)=O)CC2. The van der Waals surface area contributed by atoms with Crippen LogP contribution < -0.4 is 39.7 Å². The number of hydrogen-bond donors (Lipinski definition) is 2. The second-order valence-electron chi connectivity index (χ2n) is 12.5. The Kier molecular flexibility index (Phi) is 10.0. The van der Waals surface area contributed by atoms with Crippen molar-refractivity contribution in [1.82, 2.24) is 15.1 Å². The summed E-state index contributed by atoms with van der Waals surface area (Å²) in [7, 11) is 4.63. The molecule has 2 heterocycles. The van der Waals surface area contributed by atoms with Gasteiger partial charge < -0.3 is 44.1 Å². The molecule has 1 fully saturated rings. The summed E-state index contributed by atoms with van der Waals surface area (Å²) < 4.78 is 28.7. The first-order valence-electron chi connectivity index (χ1n) is 16.6. The lowest BCUT2D eigenvalue weighted by molar-refractivity contribution is -0.146. The van der Waals surface area contributed by atoms with E-state index in [0.717, 1.165) is 11.1 Å². The second-order valence-corrected chi connectivity index (χ2v) is 12.5. The van der Waals surface area contributed by atoms with Gasteiger partial charge in [0.25, 0.3) is 5.91 Å². The molecule has 13 nitrogen and oxygen atoms in total. The Morgan fingerprint density at radius 2 is 1.60 bits per heavy atom. The summed E-state index contributed by atoms with van der Waals surface area (Å²) in [5, 5.41) is 6.13. The Hall–Kier alpha value is -5.46. The maximum absolute atomic E-state index is 13.8. The third kappa shape index (κ3) is 6.72. The number of hydrogen-bond acceptors (Lipinski definition) is 10. The van der Waals surface area contributed by atoms with Gasteiger partial charge in [-0.25, -0.2) is 0 Å². The number of fused-ring (bicyclic) bond motifs is 4. The van der Waals surface area contributed by atoms with E-state index in [1.165, 1.54) is 20.1 Å². The number of carbonyl (C=O) groups excluding carboxylic acids is 3. The van der Waals surface area contributed by atoms with E-state index in [-0.39, 0.29) is 35.4 Å². The highest BCUT2D eigenvalue weighted by Crippen LogP contribution is 2.50. The first-order chi connectivity index (χ1) is 24.1. The number of nitrogens with one attached hydrogen (secondary N) is 2. The van der Waals surface area contributed by atoms with Crippen molar-refractivity contribution < 1.29 is 38.1 Å². The van der Waals surface area contributed by atoms with Crippen molar-refractivity contribution >= 4 is 23.4 Å². The van der Waals surface area contributed by atoms with E-state index in [0.29, 0.717) is 78.9 Å². The van der Waals surface area contributed by atoms with Gasteiger partial charge in [0.15, 0.2) is 23.0 Å². The number of para-hydroxylation sites is 2. The molecule has 3 aromatic rings. The molecule has 0 unspecified atom stereocenters. The van der Waals surface area contributed by atoms with E-state index in [1.807, 2.05) is 24.3 Å². The molecule has 3 atom stereocenters. The molecule has 3 aliphatic rings. The van der Waals surface area contributed by atoms with Gasteiger partial charge in [-0.3, -0.25) is 19.2 Å². The number of ether oxygens (including phenoxy) is 5. The molecule has 2 aliphatic heterocycles. The third-order valence-electron chi connectivity index (χ3n) is 9.35.